The number of hydrogen-bond donors (Lipinski definition) is 0. The standard InChI is InChI=1S/C23H28F2N2O/c1-28-21-11-9-19(10-12-21)15-27-16-20-8-5-13-23(24,25)22(27)17-26(20)14-18-6-3-2-4-7-18/h2-4,6-7,9-12,20,22H,5,8,13-17H2,1H3/t20-,22+/m0/s1. The second kappa shape index (κ2) is 8.18. The molecule has 2 bridgehead atoms. The molecule has 0 amide bonds. The Balaban J connectivity index is 1.54. The van der Waals surface area contributed by atoms with Crippen LogP contribution in [0.1, 0.15) is 30.4 Å². The van der Waals surface area contributed by atoms with Crippen LogP contribution in [-0.4, -0.2) is 48.0 Å². The number of alkyl halides is 2. The van der Waals surface area contributed by atoms with Crippen molar-refractivity contribution >= 4 is 0 Å². The van der Waals surface area contributed by atoms with Gasteiger partial charge in [-0.3, -0.25) is 9.80 Å². The van der Waals surface area contributed by atoms with E-state index < -0.39 is 12.0 Å². The van der Waals surface area contributed by atoms with Gasteiger partial charge in [0.15, 0.2) is 0 Å². The molecule has 3 aliphatic heterocycles. The molecule has 0 aromatic heterocycles. The Labute approximate surface area is 165 Å². The van der Waals surface area contributed by atoms with Gasteiger partial charge in [-0.2, -0.15) is 0 Å². The van der Waals surface area contributed by atoms with Gasteiger partial charge in [0.2, 0.25) is 0 Å². The van der Waals surface area contributed by atoms with Gasteiger partial charge in [0.1, 0.15) is 5.75 Å². The summed E-state index contributed by atoms with van der Waals surface area (Å²) < 4.78 is 35.3. The first kappa shape index (κ1) is 19.3. The fourth-order valence-electron chi connectivity index (χ4n) is 4.57. The summed E-state index contributed by atoms with van der Waals surface area (Å²) in [6.45, 7) is 2.41. The van der Waals surface area contributed by atoms with E-state index in [1.807, 2.05) is 47.4 Å². The number of fused-ring (bicyclic) bond motifs is 5. The van der Waals surface area contributed by atoms with Gasteiger partial charge in [-0.05, 0) is 36.1 Å². The average Bonchev–Trinajstić information content (AvgIpc) is 2.69. The van der Waals surface area contributed by atoms with E-state index in [0.29, 0.717) is 32.1 Å². The van der Waals surface area contributed by atoms with E-state index in [1.165, 1.54) is 5.56 Å². The predicted octanol–water partition coefficient (Wildman–Crippen LogP) is 4.57. The van der Waals surface area contributed by atoms with Gasteiger partial charge < -0.3 is 4.74 Å². The van der Waals surface area contributed by atoms with Gasteiger partial charge in [-0.1, -0.05) is 42.5 Å². The van der Waals surface area contributed by atoms with Crippen LogP contribution < -0.4 is 4.74 Å². The Hall–Kier alpha value is -1.98. The SMILES string of the molecule is COc1ccc(CN2C[C@@H]3CCCC(F)(F)[C@H]2CN3Cc2ccccc2)cc1. The molecule has 150 valence electrons. The topological polar surface area (TPSA) is 15.7 Å². The van der Waals surface area contributed by atoms with E-state index >= 15 is 8.78 Å². The lowest BCUT2D eigenvalue weighted by Crippen LogP contribution is -2.64. The maximum atomic E-state index is 15.0. The zero-order valence-electron chi connectivity index (χ0n) is 16.4. The molecule has 0 aliphatic carbocycles. The lowest BCUT2D eigenvalue weighted by atomic mass is 9.89. The molecule has 5 heteroatoms. The molecule has 0 radical (unpaired) electrons. The van der Waals surface area contributed by atoms with Crippen LogP contribution in [0.4, 0.5) is 8.78 Å². The highest BCUT2D eigenvalue weighted by atomic mass is 19.3. The summed E-state index contributed by atoms with van der Waals surface area (Å²) in [5, 5.41) is 0. The van der Waals surface area contributed by atoms with E-state index in [9.17, 15) is 0 Å². The summed E-state index contributed by atoms with van der Waals surface area (Å²) in [5.74, 6) is -1.87. The van der Waals surface area contributed by atoms with E-state index in [1.54, 1.807) is 7.11 Å². The summed E-state index contributed by atoms with van der Waals surface area (Å²) >= 11 is 0. The predicted molar refractivity (Wildman–Crippen MR) is 107 cm³/mol. The Morgan fingerprint density at radius 1 is 0.929 bits per heavy atom. The zero-order valence-corrected chi connectivity index (χ0v) is 16.4. The van der Waals surface area contributed by atoms with Gasteiger partial charge in [0.25, 0.3) is 5.92 Å². The fraction of sp³-hybridized carbons (Fsp3) is 0.478. The van der Waals surface area contributed by atoms with Crippen molar-refractivity contribution in [3.8, 4) is 5.75 Å². The molecule has 2 aromatic rings. The van der Waals surface area contributed by atoms with Crippen molar-refractivity contribution in [1.29, 1.82) is 0 Å². The van der Waals surface area contributed by atoms with Crippen LogP contribution in [0.2, 0.25) is 0 Å². The molecule has 0 spiro atoms. The van der Waals surface area contributed by atoms with Crippen LogP contribution in [0.3, 0.4) is 0 Å². The number of methoxy groups -OCH3 is 1. The Kier molecular flexibility index (Phi) is 5.65. The second-order valence-electron chi connectivity index (χ2n) is 8.02. The molecular weight excluding hydrogens is 358 g/mol. The van der Waals surface area contributed by atoms with Crippen molar-refractivity contribution < 1.29 is 13.5 Å². The summed E-state index contributed by atoms with van der Waals surface area (Å²) in [5.41, 5.74) is 2.25. The maximum Gasteiger partial charge on any atom is 0.264 e. The number of piperazine rings is 1. The molecule has 3 aliphatic rings. The van der Waals surface area contributed by atoms with Crippen LogP contribution in [0.25, 0.3) is 0 Å². The fourth-order valence-corrected chi connectivity index (χ4v) is 4.57. The van der Waals surface area contributed by atoms with Crippen LogP contribution in [-0.2, 0) is 13.1 Å². The number of ether oxygens (including phenoxy) is 1. The number of nitrogens with zero attached hydrogens (tertiary/aromatic N) is 2. The molecular formula is C23H28F2N2O. The van der Waals surface area contributed by atoms with Crippen molar-refractivity contribution in [2.45, 2.75) is 50.4 Å². The normalized spacial score (nSPS) is 25.2. The molecule has 28 heavy (non-hydrogen) atoms. The van der Waals surface area contributed by atoms with E-state index in [0.717, 1.165) is 24.3 Å². The third-order valence-electron chi connectivity index (χ3n) is 6.12. The third-order valence-corrected chi connectivity index (χ3v) is 6.12. The molecule has 3 heterocycles. The highest BCUT2D eigenvalue weighted by Crippen LogP contribution is 2.38. The minimum absolute atomic E-state index is 0.00748. The summed E-state index contributed by atoms with van der Waals surface area (Å²) in [6.07, 6.45) is 1.41. The first-order chi connectivity index (χ1) is 13.5. The zero-order chi connectivity index (χ0) is 19.6. The van der Waals surface area contributed by atoms with E-state index in [2.05, 4.69) is 17.0 Å². The van der Waals surface area contributed by atoms with Gasteiger partial charge in [-0.25, -0.2) is 8.78 Å². The van der Waals surface area contributed by atoms with Crippen molar-refractivity contribution in [2.24, 2.45) is 0 Å². The monoisotopic (exact) mass is 386 g/mol. The Morgan fingerprint density at radius 2 is 1.61 bits per heavy atom. The molecule has 3 nitrogen and oxygen atoms in total. The average molecular weight is 386 g/mol. The molecule has 0 saturated carbocycles. The number of halogens is 2. The Bertz CT molecular complexity index is 766. The number of benzene rings is 2. The first-order valence-electron chi connectivity index (χ1n) is 10.1. The van der Waals surface area contributed by atoms with Crippen LogP contribution >= 0.6 is 0 Å². The first-order valence-corrected chi connectivity index (χ1v) is 10.1. The minimum Gasteiger partial charge on any atom is -0.497 e. The number of rotatable bonds is 5. The van der Waals surface area contributed by atoms with E-state index in [-0.39, 0.29) is 6.42 Å². The molecule has 0 N–H and O–H groups in total. The molecule has 0 unspecified atom stereocenters. The van der Waals surface area contributed by atoms with Gasteiger partial charge >= 0.3 is 0 Å². The summed E-state index contributed by atoms with van der Waals surface area (Å²) in [4.78, 5) is 4.28. The second-order valence-corrected chi connectivity index (χ2v) is 8.02. The maximum absolute atomic E-state index is 15.0. The van der Waals surface area contributed by atoms with Crippen molar-refractivity contribution in [3.63, 3.8) is 0 Å². The largest absolute Gasteiger partial charge is 0.497 e. The quantitative estimate of drug-likeness (QED) is 0.749. The van der Waals surface area contributed by atoms with Crippen molar-refractivity contribution in [1.82, 2.24) is 9.80 Å². The summed E-state index contributed by atoms with van der Waals surface area (Å²) in [7, 11) is 1.63. The molecule has 3 fully saturated rings. The van der Waals surface area contributed by atoms with Crippen LogP contribution in [0.5, 0.6) is 5.75 Å². The van der Waals surface area contributed by atoms with Crippen LogP contribution in [0.15, 0.2) is 54.6 Å². The van der Waals surface area contributed by atoms with Crippen molar-refractivity contribution in [2.75, 3.05) is 20.2 Å². The smallest absolute Gasteiger partial charge is 0.264 e. The highest BCUT2D eigenvalue weighted by molar-refractivity contribution is 5.27. The molecule has 2 aromatic carbocycles. The van der Waals surface area contributed by atoms with Gasteiger partial charge in [-0.15, -0.1) is 0 Å². The highest BCUT2D eigenvalue weighted by Gasteiger charge is 2.49. The lowest BCUT2D eigenvalue weighted by molar-refractivity contribution is -0.142. The van der Waals surface area contributed by atoms with Gasteiger partial charge in [0.05, 0.1) is 13.2 Å². The van der Waals surface area contributed by atoms with E-state index in [4.69, 9.17) is 4.74 Å². The number of hydrogen-bond acceptors (Lipinski definition) is 3. The van der Waals surface area contributed by atoms with Crippen molar-refractivity contribution in [3.05, 3.63) is 65.7 Å². The third kappa shape index (κ3) is 4.20. The molecule has 2 atom stereocenters. The molecule has 5 rings (SSSR count). The Morgan fingerprint density at radius 3 is 2.32 bits per heavy atom. The minimum atomic E-state index is -2.66. The lowest BCUT2D eigenvalue weighted by Gasteiger charge is -2.50. The van der Waals surface area contributed by atoms with Crippen LogP contribution in [0, 0.1) is 0 Å². The summed E-state index contributed by atoms with van der Waals surface area (Å²) in [6, 6.07) is 17.5. The molecule has 3 saturated heterocycles. The van der Waals surface area contributed by atoms with Gasteiger partial charge in [0, 0.05) is 38.6 Å².